The summed E-state index contributed by atoms with van der Waals surface area (Å²) in [6.07, 6.45) is 4.21. The zero-order chi connectivity index (χ0) is 29.1. The zero-order valence-electron chi connectivity index (χ0n) is 24.0. The summed E-state index contributed by atoms with van der Waals surface area (Å²) in [7, 11) is 1.61. The Labute approximate surface area is 240 Å². The van der Waals surface area contributed by atoms with E-state index in [4.69, 9.17) is 4.74 Å². The minimum atomic E-state index is -0.257. The van der Waals surface area contributed by atoms with Crippen molar-refractivity contribution in [1.82, 2.24) is 20.5 Å². The number of nitrogens with zero attached hydrogens (tertiary/aromatic N) is 1. The summed E-state index contributed by atoms with van der Waals surface area (Å²) in [4.78, 5) is 44.6. The molecule has 214 valence electrons. The lowest BCUT2D eigenvalue weighted by molar-refractivity contribution is -0.110. The Hall–Kier alpha value is -4.37. The molecule has 41 heavy (non-hydrogen) atoms. The van der Waals surface area contributed by atoms with Gasteiger partial charge in [-0.2, -0.15) is 0 Å². The van der Waals surface area contributed by atoms with Crippen LogP contribution in [0.15, 0.2) is 42.5 Å². The van der Waals surface area contributed by atoms with E-state index in [1.165, 1.54) is 12.8 Å². The van der Waals surface area contributed by atoms with E-state index < -0.39 is 0 Å². The second kappa shape index (κ2) is 12.0. The number of hydrogen-bond acceptors (Lipinski definition) is 5. The van der Waals surface area contributed by atoms with Crippen LogP contribution >= 0.6 is 0 Å². The van der Waals surface area contributed by atoms with Crippen LogP contribution in [0.1, 0.15) is 74.6 Å². The number of aryl methyl sites for hydroxylation is 1. The number of carbonyl (C=O) groups is 3. The van der Waals surface area contributed by atoms with Crippen molar-refractivity contribution in [2.75, 3.05) is 38.6 Å². The number of amides is 3. The SMILES string of the molecule is COc1ccc([C@H](C)NC(=O)c2ccc3c(c2)NC(=O)/C3=C\c2[nH]c(C)c(C(=O)NCCN3CCCC3)c2C)cc1. The van der Waals surface area contributed by atoms with Gasteiger partial charge < -0.3 is 30.6 Å². The van der Waals surface area contributed by atoms with Crippen LogP contribution in [0.3, 0.4) is 0 Å². The van der Waals surface area contributed by atoms with Crippen LogP contribution in [-0.4, -0.2) is 60.9 Å². The number of ether oxygens (including phenoxy) is 1. The first kappa shape index (κ1) is 28.2. The molecule has 2 aliphatic heterocycles. The number of carbonyl (C=O) groups excluding carboxylic acids is 3. The van der Waals surface area contributed by atoms with Gasteiger partial charge in [0.2, 0.25) is 0 Å². The number of aromatic nitrogens is 1. The van der Waals surface area contributed by atoms with E-state index in [0.717, 1.165) is 42.2 Å². The topological polar surface area (TPSA) is 116 Å². The number of likely N-dealkylation sites (tertiary alicyclic amines) is 1. The first-order valence-corrected chi connectivity index (χ1v) is 14.1. The number of benzene rings is 2. The molecule has 3 aromatic rings. The molecule has 9 nitrogen and oxygen atoms in total. The molecule has 1 atom stereocenters. The number of methoxy groups -OCH3 is 1. The molecule has 0 radical (unpaired) electrons. The summed E-state index contributed by atoms with van der Waals surface area (Å²) in [5, 5.41) is 8.93. The van der Waals surface area contributed by atoms with Gasteiger partial charge in [0.1, 0.15) is 5.75 Å². The summed E-state index contributed by atoms with van der Waals surface area (Å²) >= 11 is 0. The number of H-pyrrole nitrogens is 1. The van der Waals surface area contributed by atoms with Crippen molar-refractivity contribution in [1.29, 1.82) is 0 Å². The number of nitrogens with one attached hydrogen (secondary N) is 4. The highest BCUT2D eigenvalue weighted by Gasteiger charge is 2.27. The molecular weight excluding hydrogens is 518 g/mol. The summed E-state index contributed by atoms with van der Waals surface area (Å²) in [5.74, 6) is 0.143. The van der Waals surface area contributed by atoms with Gasteiger partial charge >= 0.3 is 0 Å². The van der Waals surface area contributed by atoms with Crippen molar-refractivity contribution in [2.24, 2.45) is 0 Å². The van der Waals surface area contributed by atoms with Gasteiger partial charge in [-0.25, -0.2) is 0 Å². The lowest BCUT2D eigenvalue weighted by Crippen LogP contribution is -2.33. The molecule has 1 saturated heterocycles. The molecule has 1 fully saturated rings. The standard InChI is InChI=1S/C32H37N5O4/c1-19-27(34-21(3)29(19)32(40)33-13-16-37-14-5-6-15-37)18-26-25-12-9-23(17-28(25)36-31(26)39)30(38)35-20(2)22-7-10-24(41-4)11-8-22/h7-12,17-18,20,34H,5-6,13-16H2,1-4H3,(H,33,40)(H,35,38)(H,36,39)/b26-18-/t20-/m0/s1. The summed E-state index contributed by atoms with van der Waals surface area (Å²) < 4.78 is 5.20. The molecule has 3 amide bonds. The van der Waals surface area contributed by atoms with Crippen LogP contribution in [0.4, 0.5) is 5.69 Å². The third kappa shape index (κ3) is 6.05. The highest BCUT2D eigenvalue weighted by molar-refractivity contribution is 6.35. The van der Waals surface area contributed by atoms with E-state index >= 15 is 0 Å². The smallest absolute Gasteiger partial charge is 0.256 e. The second-order valence-electron chi connectivity index (χ2n) is 10.7. The van der Waals surface area contributed by atoms with Gasteiger partial charge in [0.25, 0.3) is 17.7 Å². The van der Waals surface area contributed by atoms with Crippen LogP contribution in [0.25, 0.3) is 11.6 Å². The molecule has 0 spiro atoms. The molecule has 0 bridgehead atoms. The molecule has 2 aliphatic rings. The molecular formula is C32H37N5O4. The van der Waals surface area contributed by atoms with Crippen molar-refractivity contribution in [3.05, 3.63) is 81.7 Å². The largest absolute Gasteiger partial charge is 0.497 e. The Kier molecular flexibility index (Phi) is 8.26. The maximum absolute atomic E-state index is 13.0. The van der Waals surface area contributed by atoms with E-state index in [1.54, 1.807) is 31.4 Å². The van der Waals surface area contributed by atoms with Gasteiger partial charge in [-0.05, 0) is 88.2 Å². The fraction of sp³-hybridized carbons (Fsp3) is 0.344. The maximum Gasteiger partial charge on any atom is 0.256 e. The number of hydrogen-bond donors (Lipinski definition) is 4. The number of aromatic amines is 1. The Morgan fingerprint density at radius 2 is 1.80 bits per heavy atom. The molecule has 0 unspecified atom stereocenters. The predicted octanol–water partition coefficient (Wildman–Crippen LogP) is 4.45. The van der Waals surface area contributed by atoms with Crippen LogP contribution in [0.2, 0.25) is 0 Å². The number of fused-ring (bicyclic) bond motifs is 1. The number of rotatable bonds is 9. The van der Waals surface area contributed by atoms with Crippen LogP contribution in [0, 0.1) is 13.8 Å². The second-order valence-corrected chi connectivity index (χ2v) is 10.7. The predicted molar refractivity (Wildman–Crippen MR) is 160 cm³/mol. The minimum Gasteiger partial charge on any atom is -0.497 e. The fourth-order valence-corrected chi connectivity index (χ4v) is 5.56. The quantitative estimate of drug-likeness (QED) is 0.291. The van der Waals surface area contributed by atoms with E-state index in [0.29, 0.717) is 40.2 Å². The van der Waals surface area contributed by atoms with E-state index in [9.17, 15) is 14.4 Å². The normalized spacial score (nSPS) is 16.4. The molecule has 9 heteroatoms. The average Bonchev–Trinajstić information content (AvgIpc) is 3.66. The summed E-state index contributed by atoms with van der Waals surface area (Å²) in [5.41, 5.74) is 6.02. The molecule has 0 aliphatic carbocycles. The van der Waals surface area contributed by atoms with Gasteiger partial charge in [-0.3, -0.25) is 14.4 Å². The highest BCUT2D eigenvalue weighted by Crippen LogP contribution is 2.35. The third-order valence-corrected chi connectivity index (χ3v) is 7.93. The summed E-state index contributed by atoms with van der Waals surface area (Å²) in [6, 6.07) is 12.5. The monoisotopic (exact) mass is 555 g/mol. The minimum absolute atomic E-state index is 0.115. The zero-order valence-corrected chi connectivity index (χ0v) is 24.0. The first-order valence-electron chi connectivity index (χ1n) is 14.1. The molecule has 2 aromatic carbocycles. The Morgan fingerprint density at radius 1 is 1.07 bits per heavy atom. The Bertz CT molecular complexity index is 1500. The molecule has 0 saturated carbocycles. The van der Waals surface area contributed by atoms with Crippen LogP contribution < -0.4 is 20.7 Å². The van der Waals surface area contributed by atoms with Gasteiger partial charge in [0.15, 0.2) is 0 Å². The van der Waals surface area contributed by atoms with Crippen molar-refractivity contribution >= 4 is 35.1 Å². The van der Waals surface area contributed by atoms with Gasteiger partial charge in [-0.1, -0.05) is 18.2 Å². The van der Waals surface area contributed by atoms with Crippen LogP contribution in [-0.2, 0) is 4.79 Å². The van der Waals surface area contributed by atoms with Crippen molar-refractivity contribution < 1.29 is 19.1 Å². The van der Waals surface area contributed by atoms with Gasteiger partial charge in [0, 0.05) is 41.3 Å². The fourth-order valence-electron chi connectivity index (χ4n) is 5.56. The third-order valence-electron chi connectivity index (χ3n) is 7.93. The average molecular weight is 556 g/mol. The first-order chi connectivity index (χ1) is 19.7. The Balaban J connectivity index is 1.29. The van der Waals surface area contributed by atoms with Crippen molar-refractivity contribution in [3.63, 3.8) is 0 Å². The maximum atomic E-state index is 13.0. The highest BCUT2D eigenvalue weighted by atomic mass is 16.5. The lowest BCUT2D eigenvalue weighted by Gasteiger charge is -2.15. The Morgan fingerprint density at radius 3 is 2.51 bits per heavy atom. The molecule has 3 heterocycles. The molecule has 4 N–H and O–H groups in total. The van der Waals surface area contributed by atoms with Crippen LogP contribution in [0.5, 0.6) is 5.75 Å². The summed E-state index contributed by atoms with van der Waals surface area (Å²) in [6.45, 7) is 9.30. The van der Waals surface area contributed by atoms with Crippen molar-refractivity contribution in [2.45, 2.75) is 39.7 Å². The lowest BCUT2D eigenvalue weighted by atomic mass is 10.0. The van der Waals surface area contributed by atoms with E-state index in [1.807, 2.05) is 45.0 Å². The number of anilines is 1. The van der Waals surface area contributed by atoms with Gasteiger partial charge in [-0.15, -0.1) is 0 Å². The van der Waals surface area contributed by atoms with Gasteiger partial charge in [0.05, 0.1) is 24.3 Å². The molecule has 5 rings (SSSR count). The molecule has 1 aromatic heterocycles. The van der Waals surface area contributed by atoms with Crippen molar-refractivity contribution in [3.8, 4) is 5.75 Å². The van der Waals surface area contributed by atoms with E-state index in [2.05, 4.69) is 25.8 Å². The van der Waals surface area contributed by atoms with E-state index in [-0.39, 0.29) is 23.8 Å².